The minimum Gasteiger partial charge on any atom is -0.495 e. The highest BCUT2D eigenvalue weighted by molar-refractivity contribution is 6.32. The average Bonchev–Trinajstić information content (AvgIpc) is 3.16. The lowest BCUT2D eigenvalue weighted by Crippen LogP contribution is -2.50. The molecule has 2 heterocycles. The molecule has 2 aliphatic heterocycles. The van der Waals surface area contributed by atoms with E-state index < -0.39 is 0 Å². The van der Waals surface area contributed by atoms with Gasteiger partial charge in [0, 0.05) is 43.6 Å². The molecule has 4 rings (SSSR count). The molecule has 8 heteroatoms. The number of carbonyl (C=O) groups excluding carboxylic acids is 1. The summed E-state index contributed by atoms with van der Waals surface area (Å²) in [5.41, 5.74) is 1.71. The van der Waals surface area contributed by atoms with Crippen molar-refractivity contribution < 1.29 is 19.0 Å². The van der Waals surface area contributed by atoms with Gasteiger partial charge in [-0.3, -0.25) is 0 Å². The van der Waals surface area contributed by atoms with Crippen LogP contribution in [0.25, 0.3) is 0 Å². The Morgan fingerprint density at radius 2 is 1.85 bits per heavy atom. The number of benzene rings is 2. The van der Waals surface area contributed by atoms with Crippen molar-refractivity contribution >= 4 is 29.0 Å². The van der Waals surface area contributed by atoms with Gasteiger partial charge in [0.2, 0.25) is 6.79 Å². The van der Waals surface area contributed by atoms with Gasteiger partial charge in [0.05, 0.1) is 12.1 Å². The molecule has 0 saturated carbocycles. The highest BCUT2D eigenvalue weighted by atomic mass is 35.5. The molecule has 0 aliphatic carbocycles. The monoisotopic (exact) mass is 389 g/mol. The molecule has 2 amide bonds. The summed E-state index contributed by atoms with van der Waals surface area (Å²) in [4.78, 5) is 16.5. The van der Waals surface area contributed by atoms with Gasteiger partial charge in [0.15, 0.2) is 11.5 Å². The first-order valence-corrected chi connectivity index (χ1v) is 9.06. The fourth-order valence-corrected chi connectivity index (χ4v) is 3.45. The minimum atomic E-state index is -0.137. The maximum atomic E-state index is 12.5. The predicted octanol–water partition coefficient (Wildman–Crippen LogP) is 3.43. The minimum absolute atomic E-state index is 0.137. The van der Waals surface area contributed by atoms with E-state index in [-0.39, 0.29) is 12.8 Å². The summed E-state index contributed by atoms with van der Waals surface area (Å²) in [6.45, 7) is 3.02. The Kier molecular flexibility index (Phi) is 4.85. The molecule has 1 saturated heterocycles. The third-order valence-electron chi connectivity index (χ3n) is 4.69. The molecule has 2 aliphatic rings. The van der Waals surface area contributed by atoms with Crippen molar-refractivity contribution in [3.05, 3.63) is 41.4 Å². The number of anilines is 2. The molecule has 0 bridgehead atoms. The summed E-state index contributed by atoms with van der Waals surface area (Å²) in [6.07, 6.45) is 0. The number of piperazine rings is 1. The zero-order chi connectivity index (χ0) is 18.8. The number of ether oxygens (including phenoxy) is 3. The number of hydrogen-bond donors (Lipinski definition) is 1. The summed E-state index contributed by atoms with van der Waals surface area (Å²) in [7, 11) is 1.55. The molecule has 0 radical (unpaired) electrons. The van der Waals surface area contributed by atoms with Crippen LogP contribution in [0.3, 0.4) is 0 Å². The van der Waals surface area contributed by atoms with E-state index in [4.69, 9.17) is 25.8 Å². The number of fused-ring (bicyclic) bond motifs is 1. The van der Waals surface area contributed by atoms with Gasteiger partial charge < -0.3 is 29.3 Å². The second kappa shape index (κ2) is 7.44. The van der Waals surface area contributed by atoms with E-state index in [1.165, 1.54) is 0 Å². The number of rotatable bonds is 3. The van der Waals surface area contributed by atoms with Crippen molar-refractivity contribution in [1.29, 1.82) is 0 Å². The lowest BCUT2D eigenvalue weighted by atomic mass is 10.2. The molecule has 27 heavy (non-hydrogen) atoms. The molecule has 0 atom stereocenters. The Morgan fingerprint density at radius 1 is 1.07 bits per heavy atom. The third kappa shape index (κ3) is 3.68. The van der Waals surface area contributed by atoms with Crippen LogP contribution in [-0.4, -0.2) is 51.0 Å². The van der Waals surface area contributed by atoms with Crippen LogP contribution in [0, 0.1) is 0 Å². The van der Waals surface area contributed by atoms with E-state index in [0.717, 1.165) is 30.3 Å². The standard InChI is InChI=1S/C19H20ClN3O4/c1-25-16-4-2-13(10-15(16)20)21-19(24)23-8-6-22(7-9-23)14-3-5-17-18(11-14)27-12-26-17/h2-5,10-11H,6-9,12H2,1H3,(H,21,24). The summed E-state index contributed by atoms with van der Waals surface area (Å²) in [5, 5.41) is 3.35. The normalized spacial score (nSPS) is 15.6. The second-order valence-corrected chi connectivity index (χ2v) is 6.70. The molecule has 142 valence electrons. The first-order valence-electron chi connectivity index (χ1n) is 8.68. The Labute approximate surface area is 162 Å². The summed E-state index contributed by atoms with van der Waals surface area (Å²) < 4.78 is 15.9. The Morgan fingerprint density at radius 3 is 2.59 bits per heavy atom. The van der Waals surface area contributed by atoms with E-state index in [1.807, 2.05) is 18.2 Å². The number of methoxy groups -OCH3 is 1. The number of carbonyl (C=O) groups is 1. The van der Waals surface area contributed by atoms with Crippen molar-refractivity contribution in [1.82, 2.24) is 4.90 Å². The lowest BCUT2D eigenvalue weighted by molar-refractivity contribution is 0.174. The topological polar surface area (TPSA) is 63.3 Å². The first-order chi connectivity index (χ1) is 13.1. The molecule has 0 spiro atoms. The molecular weight excluding hydrogens is 370 g/mol. The molecule has 1 fully saturated rings. The largest absolute Gasteiger partial charge is 0.495 e. The number of nitrogens with one attached hydrogen (secondary N) is 1. The van der Waals surface area contributed by atoms with E-state index in [0.29, 0.717) is 29.5 Å². The van der Waals surface area contributed by atoms with Crippen LogP contribution in [0.5, 0.6) is 17.2 Å². The van der Waals surface area contributed by atoms with Gasteiger partial charge in [-0.05, 0) is 30.3 Å². The van der Waals surface area contributed by atoms with Crippen LogP contribution in [-0.2, 0) is 0 Å². The van der Waals surface area contributed by atoms with Crippen LogP contribution in [0.15, 0.2) is 36.4 Å². The summed E-state index contributed by atoms with van der Waals surface area (Å²) in [6, 6.07) is 11.0. The molecule has 0 unspecified atom stereocenters. The number of urea groups is 1. The van der Waals surface area contributed by atoms with Gasteiger partial charge in [-0.25, -0.2) is 4.79 Å². The van der Waals surface area contributed by atoms with Crippen LogP contribution in [0.1, 0.15) is 0 Å². The fourth-order valence-electron chi connectivity index (χ4n) is 3.20. The highest BCUT2D eigenvalue weighted by Gasteiger charge is 2.23. The van der Waals surface area contributed by atoms with Gasteiger partial charge >= 0.3 is 6.03 Å². The summed E-state index contributed by atoms with van der Waals surface area (Å²) in [5.74, 6) is 2.12. The maximum Gasteiger partial charge on any atom is 0.321 e. The van der Waals surface area contributed by atoms with Gasteiger partial charge in [-0.2, -0.15) is 0 Å². The molecule has 2 aromatic rings. The molecule has 1 N–H and O–H groups in total. The Balaban J connectivity index is 1.34. The van der Waals surface area contributed by atoms with Crippen LogP contribution in [0.4, 0.5) is 16.2 Å². The molecule has 7 nitrogen and oxygen atoms in total. The quantitative estimate of drug-likeness (QED) is 0.871. The van der Waals surface area contributed by atoms with Gasteiger partial charge in [0.1, 0.15) is 5.75 Å². The number of nitrogens with zero attached hydrogens (tertiary/aromatic N) is 2. The highest BCUT2D eigenvalue weighted by Crippen LogP contribution is 2.35. The maximum absolute atomic E-state index is 12.5. The van der Waals surface area contributed by atoms with E-state index in [1.54, 1.807) is 30.2 Å². The number of hydrogen-bond acceptors (Lipinski definition) is 5. The Hall–Kier alpha value is -2.80. The Bertz CT molecular complexity index is 853. The smallest absolute Gasteiger partial charge is 0.321 e. The molecule has 2 aromatic carbocycles. The van der Waals surface area contributed by atoms with Crippen LogP contribution >= 0.6 is 11.6 Å². The van der Waals surface area contributed by atoms with E-state index in [2.05, 4.69) is 10.2 Å². The van der Waals surface area contributed by atoms with Crippen molar-refractivity contribution in [2.24, 2.45) is 0 Å². The fraction of sp³-hybridized carbons (Fsp3) is 0.316. The number of halogens is 1. The van der Waals surface area contributed by atoms with Gasteiger partial charge in [0.25, 0.3) is 0 Å². The van der Waals surface area contributed by atoms with Crippen LogP contribution < -0.4 is 24.4 Å². The average molecular weight is 390 g/mol. The zero-order valence-electron chi connectivity index (χ0n) is 14.9. The predicted molar refractivity (Wildman–Crippen MR) is 103 cm³/mol. The van der Waals surface area contributed by atoms with Gasteiger partial charge in [-0.15, -0.1) is 0 Å². The molecule has 0 aromatic heterocycles. The first kappa shape index (κ1) is 17.6. The zero-order valence-corrected chi connectivity index (χ0v) is 15.7. The summed E-state index contributed by atoms with van der Waals surface area (Å²) >= 11 is 6.11. The van der Waals surface area contributed by atoms with Gasteiger partial charge in [-0.1, -0.05) is 11.6 Å². The van der Waals surface area contributed by atoms with Crippen molar-refractivity contribution in [3.8, 4) is 17.2 Å². The van der Waals surface area contributed by atoms with E-state index in [9.17, 15) is 4.79 Å². The van der Waals surface area contributed by atoms with Crippen LogP contribution in [0.2, 0.25) is 5.02 Å². The van der Waals surface area contributed by atoms with Crippen molar-refractivity contribution in [2.75, 3.05) is 50.3 Å². The SMILES string of the molecule is COc1ccc(NC(=O)N2CCN(c3ccc4c(c3)OCO4)CC2)cc1Cl. The van der Waals surface area contributed by atoms with E-state index >= 15 is 0 Å². The third-order valence-corrected chi connectivity index (χ3v) is 4.99. The lowest BCUT2D eigenvalue weighted by Gasteiger charge is -2.36. The van der Waals surface area contributed by atoms with Crippen molar-refractivity contribution in [3.63, 3.8) is 0 Å². The second-order valence-electron chi connectivity index (χ2n) is 6.29. The molecular formula is C19H20ClN3O4. The number of amides is 2. The van der Waals surface area contributed by atoms with Crippen molar-refractivity contribution in [2.45, 2.75) is 0 Å².